The lowest BCUT2D eigenvalue weighted by Gasteiger charge is -2.28. The number of hydrogen-bond donors (Lipinski definition) is 2. The Balaban J connectivity index is 1.68. The smallest absolute Gasteiger partial charge is 0.269 e. The quantitative estimate of drug-likeness (QED) is 0.497. The van der Waals surface area contributed by atoms with Gasteiger partial charge in [-0.2, -0.15) is 10.1 Å². The van der Waals surface area contributed by atoms with E-state index in [0.717, 1.165) is 22.5 Å². The van der Waals surface area contributed by atoms with Crippen molar-refractivity contribution in [3.8, 4) is 0 Å². The molecule has 9 heteroatoms. The van der Waals surface area contributed by atoms with Crippen molar-refractivity contribution < 1.29 is 9.53 Å². The summed E-state index contributed by atoms with van der Waals surface area (Å²) in [5.41, 5.74) is 6.93. The Kier molecular flexibility index (Phi) is 5.62. The number of fused-ring (bicyclic) bond motifs is 1. The predicted octanol–water partition coefficient (Wildman–Crippen LogP) is 2.25. The van der Waals surface area contributed by atoms with Crippen LogP contribution in [0.2, 0.25) is 0 Å². The van der Waals surface area contributed by atoms with Crippen molar-refractivity contribution >= 4 is 34.9 Å². The average Bonchev–Trinajstić information content (AvgIpc) is 3.17. The van der Waals surface area contributed by atoms with Crippen molar-refractivity contribution in [1.29, 1.82) is 0 Å². The second-order valence-electron chi connectivity index (χ2n) is 7.40. The molecule has 9 nitrogen and oxygen atoms in total. The summed E-state index contributed by atoms with van der Waals surface area (Å²) in [6.07, 6.45) is 1.73. The van der Waals surface area contributed by atoms with Crippen LogP contribution in [0.3, 0.4) is 0 Å². The maximum Gasteiger partial charge on any atom is 0.269 e. The largest absolute Gasteiger partial charge is 0.378 e. The molecule has 0 bridgehead atoms. The highest BCUT2D eigenvalue weighted by Gasteiger charge is 2.21. The number of carbonyl (C=O) groups is 1. The molecule has 1 fully saturated rings. The molecule has 30 heavy (non-hydrogen) atoms. The molecule has 0 spiro atoms. The summed E-state index contributed by atoms with van der Waals surface area (Å²) >= 11 is 0. The molecule has 3 aromatic rings. The predicted molar refractivity (Wildman–Crippen MR) is 117 cm³/mol. The first kappa shape index (κ1) is 19.8. The molecular formula is C21H25N7O2. The molecule has 0 atom stereocenters. The molecule has 1 amide bonds. The van der Waals surface area contributed by atoms with Crippen LogP contribution in [0.1, 0.15) is 21.6 Å². The van der Waals surface area contributed by atoms with E-state index < -0.39 is 0 Å². The van der Waals surface area contributed by atoms with Crippen molar-refractivity contribution in [2.24, 2.45) is 5.10 Å². The summed E-state index contributed by atoms with van der Waals surface area (Å²) in [6, 6.07) is 9.79. The number of carbonyl (C=O) groups excluding carboxylic acids is 1. The van der Waals surface area contributed by atoms with Crippen LogP contribution in [0, 0.1) is 6.92 Å². The topological polar surface area (TPSA) is 98.7 Å². The minimum Gasteiger partial charge on any atom is -0.378 e. The van der Waals surface area contributed by atoms with E-state index in [1.165, 1.54) is 4.90 Å². The molecule has 156 valence electrons. The van der Waals surface area contributed by atoms with E-state index in [1.54, 1.807) is 26.4 Å². The summed E-state index contributed by atoms with van der Waals surface area (Å²) in [6.45, 7) is 4.73. The van der Waals surface area contributed by atoms with Gasteiger partial charge in [0.2, 0.25) is 5.95 Å². The second-order valence-corrected chi connectivity index (χ2v) is 7.40. The monoisotopic (exact) mass is 407 g/mol. The number of nitrogens with one attached hydrogen (secondary N) is 2. The first-order valence-corrected chi connectivity index (χ1v) is 9.82. The molecule has 1 saturated heterocycles. The zero-order chi connectivity index (χ0) is 21.1. The van der Waals surface area contributed by atoms with Gasteiger partial charge < -0.3 is 19.5 Å². The molecule has 2 N–H and O–H groups in total. The zero-order valence-corrected chi connectivity index (χ0v) is 17.3. The first-order valence-electron chi connectivity index (χ1n) is 9.82. The number of aromatic nitrogens is 3. The number of ether oxygens (including phenoxy) is 1. The molecule has 0 unspecified atom stereocenters. The van der Waals surface area contributed by atoms with Crippen LogP contribution < -0.4 is 10.3 Å². The minimum atomic E-state index is -0.118. The number of aryl methyl sites for hydroxylation is 1. The van der Waals surface area contributed by atoms with Gasteiger partial charge in [0, 0.05) is 27.2 Å². The Labute approximate surface area is 174 Å². The van der Waals surface area contributed by atoms with Gasteiger partial charge in [-0.3, -0.25) is 4.79 Å². The Morgan fingerprint density at radius 2 is 2.07 bits per heavy atom. The van der Waals surface area contributed by atoms with E-state index >= 15 is 0 Å². The number of aromatic amines is 1. The van der Waals surface area contributed by atoms with Crippen LogP contribution >= 0.6 is 0 Å². The Morgan fingerprint density at radius 1 is 1.27 bits per heavy atom. The molecule has 4 rings (SSSR count). The van der Waals surface area contributed by atoms with Gasteiger partial charge in [0.25, 0.3) is 5.91 Å². The van der Waals surface area contributed by atoms with E-state index in [9.17, 15) is 4.79 Å². The molecule has 1 aliphatic rings. The number of hydrogen-bond acceptors (Lipinski definition) is 7. The Morgan fingerprint density at radius 3 is 2.80 bits per heavy atom. The fourth-order valence-corrected chi connectivity index (χ4v) is 3.32. The lowest BCUT2D eigenvalue weighted by atomic mass is 10.2. The second kappa shape index (κ2) is 8.50. The Bertz CT molecular complexity index is 1080. The number of benzene rings is 1. The highest BCUT2D eigenvalue weighted by Crippen LogP contribution is 2.26. The molecule has 3 heterocycles. The average molecular weight is 407 g/mol. The first-order chi connectivity index (χ1) is 14.5. The van der Waals surface area contributed by atoms with Gasteiger partial charge in [-0.1, -0.05) is 29.8 Å². The van der Waals surface area contributed by atoms with Gasteiger partial charge in [0.05, 0.1) is 24.9 Å². The summed E-state index contributed by atoms with van der Waals surface area (Å²) < 4.78 is 5.47. The lowest BCUT2D eigenvalue weighted by molar-refractivity contribution is 0.0823. The van der Waals surface area contributed by atoms with Crippen LogP contribution in [-0.4, -0.2) is 72.4 Å². The zero-order valence-electron chi connectivity index (χ0n) is 17.3. The molecular weight excluding hydrogens is 382 g/mol. The van der Waals surface area contributed by atoms with Gasteiger partial charge in [0.1, 0.15) is 11.2 Å². The van der Waals surface area contributed by atoms with Crippen LogP contribution in [-0.2, 0) is 4.74 Å². The fraction of sp³-hybridized carbons (Fsp3) is 0.333. The highest BCUT2D eigenvalue weighted by molar-refractivity contribution is 5.99. The van der Waals surface area contributed by atoms with E-state index in [2.05, 4.69) is 30.4 Å². The van der Waals surface area contributed by atoms with Gasteiger partial charge in [-0.25, -0.2) is 10.4 Å². The van der Waals surface area contributed by atoms with Crippen LogP contribution in [0.5, 0.6) is 0 Å². The standard InChI is InChI=1S/C21H25N7O2/c1-14-5-4-6-15(11-14)13-22-26-21-24-16-12-17(20(29)27(2)3)23-18(16)19(25-21)28-7-9-30-10-8-28/h4-6,11-13,23H,7-10H2,1-3H3,(H,24,25,26)/b22-13+. The third kappa shape index (κ3) is 4.25. The number of nitrogens with zero attached hydrogens (tertiary/aromatic N) is 5. The van der Waals surface area contributed by atoms with E-state index in [1.807, 2.05) is 31.2 Å². The molecule has 2 aromatic heterocycles. The maximum atomic E-state index is 12.4. The number of H-pyrrole nitrogens is 1. The molecule has 1 aliphatic heterocycles. The number of amides is 1. The third-order valence-corrected chi connectivity index (χ3v) is 4.83. The molecule has 0 radical (unpaired) electrons. The van der Waals surface area contributed by atoms with Crippen LogP contribution in [0.25, 0.3) is 11.0 Å². The number of rotatable bonds is 5. The van der Waals surface area contributed by atoms with Gasteiger partial charge in [-0.15, -0.1) is 0 Å². The van der Waals surface area contributed by atoms with Crippen molar-refractivity contribution in [3.05, 3.63) is 47.2 Å². The van der Waals surface area contributed by atoms with Crippen molar-refractivity contribution in [1.82, 2.24) is 19.9 Å². The number of anilines is 2. The minimum absolute atomic E-state index is 0.118. The van der Waals surface area contributed by atoms with Gasteiger partial charge >= 0.3 is 0 Å². The van der Waals surface area contributed by atoms with Crippen LogP contribution in [0.4, 0.5) is 11.8 Å². The highest BCUT2D eigenvalue weighted by atomic mass is 16.5. The maximum absolute atomic E-state index is 12.4. The normalized spacial score (nSPS) is 14.4. The summed E-state index contributed by atoms with van der Waals surface area (Å²) in [5, 5.41) is 4.29. The van der Waals surface area contributed by atoms with Gasteiger partial charge in [0.15, 0.2) is 5.82 Å². The molecule has 0 aliphatic carbocycles. The molecule has 0 saturated carbocycles. The number of hydrazone groups is 1. The SMILES string of the molecule is Cc1cccc(/C=N/Nc2nc(N3CCOCC3)c3[nH]c(C(=O)N(C)C)cc3n2)c1. The third-order valence-electron chi connectivity index (χ3n) is 4.83. The van der Waals surface area contributed by atoms with E-state index in [-0.39, 0.29) is 5.91 Å². The number of morpholine rings is 1. The van der Waals surface area contributed by atoms with E-state index in [0.29, 0.717) is 43.5 Å². The Hall–Kier alpha value is -3.46. The van der Waals surface area contributed by atoms with Crippen molar-refractivity contribution in [2.75, 3.05) is 50.7 Å². The van der Waals surface area contributed by atoms with Crippen LogP contribution in [0.15, 0.2) is 35.4 Å². The lowest BCUT2D eigenvalue weighted by Crippen LogP contribution is -2.37. The summed E-state index contributed by atoms with van der Waals surface area (Å²) in [7, 11) is 3.44. The summed E-state index contributed by atoms with van der Waals surface area (Å²) in [5.74, 6) is 0.984. The summed E-state index contributed by atoms with van der Waals surface area (Å²) in [4.78, 5) is 28.5. The van der Waals surface area contributed by atoms with Crippen molar-refractivity contribution in [3.63, 3.8) is 0 Å². The fourth-order valence-electron chi connectivity index (χ4n) is 3.32. The van der Waals surface area contributed by atoms with Crippen molar-refractivity contribution in [2.45, 2.75) is 6.92 Å². The van der Waals surface area contributed by atoms with Gasteiger partial charge in [-0.05, 0) is 18.6 Å². The van der Waals surface area contributed by atoms with E-state index in [4.69, 9.17) is 4.74 Å². The molecule has 1 aromatic carbocycles.